The predicted octanol–water partition coefficient (Wildman–Crippen LogP) is 3.88. The molecule has 0 saturated heterocycles. The minimum Gasteiger partial charge on any atom is -0.272 e. The van der Waals surface area contributed by atoms with E-state index in [9.17, 15) is 8.78 Å². The van der Waals surface area contributed by atoms with Crippen molar-refractivity contribution >= 4 is 6.08 Å². The summed E-state index contributed by atoms with van der Waals surface area (Å²) in [5.41, 5.74) is 0.966. The lowest BCUT2D eigenvalue weighted by atomic mass is 10.1. The first-order chi connectivity index (χ1) is 8.67. The summed E-state index contributed by atoms with van der Waals surface area (Å²) in [4.78, 5) is 0. The van der Waals surface area contributed by atoms with E-state index in [2.05, 4.69) is 11.7 Å². The van der Waals surface area contributed by atoms with Crippen molar-refractivity contribution < 1.29 is 8.78 Å². The van der Waals surface area contributed by atoms with Crippen LogP contribution in [0.2, 0.25) is 0 Å². The van der Waals surface area contributed by atoms with Crippen LogP contribution in [0.4, 0.5) is 8.78 Å². The molecule has 0 spiro atoms. The molecule has 0 aliphatic carbocycles. The van der Waals surface area contributed by atoms with Crippen LogP contribution in [0.3, 0.4) is 0 Å². The molecule has 2 nitrogen and oxygen atoms in total. The van der Waals surface area contributed by atoms with E-state index in [1.165, 1.54) is 12.1 Å². The molecule has 0 saturated carbocycles. The zero-order valence-corrected chi connectivity index (χ0v) is 10.2. The van der Waals surface area contributed by atoms with E-state index in [0.717, 1.165) is 13.0 Å². The lowest BCUT2D eigenvalue weighted by Crippen LogP contribution is -1.96. The molecule has 94 valence electrons. The van der Waals surface area contributed by atoms with E-state index in [1.54, 1.807) is 23.1 Å². The first kappa shape index (κ1) is 12.5. The fourth-order valence-corrected chi connectivity index (χ4v) is 1.80. The molecule has 0 N–H and O–H groups in total. The van der Waals surface area contributed by atoms with Gasteiger partial charge in [0.25, 0.3) is 0 Å². The third-order valence-electron chi connectivity index (χ3n) is 2.73. The van der Waals surface area contributed by atoms with Gasteiger partial charge >= 0.3 is 0 Å². The van der Waals surface area contributed by atoms with E-state index >= 15 is 0 Å². The van der Waals surface area contributed by atoms with Crippen molar-refractivity contribution in [3.63, 3.8) is 0 Å². The molecule has 0 radical (unpaired) electrons. The quantitative estimate of drug-likeness (QED) is 0.802. The molecule has 0 fully saturated rings. The molecule has 18 heavy (non-hydrogen) atoms. The molecule has 0 atom stereocenters. The summed E-state index contributed by atoms with van der Waals surface area (Å²) in [5, 5.41) is 4.10. The Labute approximate surface area is 105 Å². The Morgan fingerprint density at radius 2 is 2.11 bits per heavy atom. The number of hydrogen-bond donors (Lipinski definition) is 0. The van der Waals surface area contributed by atoms with Gasteiger partial charge < -0.3 is 0 Å². The molecule has 2 rings (SSSR count). The monoisotopic (exact) mass is 248 g/mol. The van der Waals surface area contributed by atoms with Gasteiger partial charge in [-0.1, -0.05) is 31.7 Å². The van der Waals surface area contributed by atoms with Crippen molar-refractivity contribution in [2.24, 2.45) is 0 Å². The van der Waals surface area contributed by atoms with Crippen molar-refractivity contribution in [1.29, 1.82) is 0 Å². The molecule has 2 aromatic rings. The fraction of sp³-hybridized carbons (Fsp3) is 0.214. The highest BCUT2D eigenvalue weighted by molar-refractivity contribution is 5.65. The Morgan fingerprint density at radius 3 is 2.78 bits per heavy atom. The maximum Gasteiger partial charge on any atom is 0.167 e. The molecule has 1 aromatic heterocycles. The van der Waals surface area contributed by atoms with Crippen LogP contribution >= 0.6 is 0 Å². The van der Waals surface area contributed by atoms with E-state index in [0.29, 0.717) is 5.56 Å². The second-order valence-electron chi connectivity index (χ2n) is 4.03. The van der Waals surface area contributed by atoms with Gasteiger partial charge in [0.15, 0.2) is 11.6 Å². The Kier molecular flexibility index (Phi) is 3.55. The van der Waals surface area contributed by atoms with Gasteiger partial charge in [-0.25, -0.2) is 8.78 Å². The molecule has 0 bridgehead atoms. The van der Waals surface area contributed by atoms with Crippen LogP contribution in [-0.2, 0) is 6.54 Å². The van der Waals surface area contributed by atoms with Crippen LogP contribution < -0.4 is 0 Å². The third kappa shape index (κ3) is 2.18. The van der Waals surface area contributed by atoms with E-state index in [-0.39, 0.29) is 11.1 Å². The van der Waals surface area contributed by atoms with Gasteiger partial charge in [-0.15, -0.1) is 0 Å². The van der Waals surface area contributed by atoms with Gasteiger partial charge in [0.1, 0.15) is 0 Å². The van der Waals surface area contributed by atoms with E-state index < -0.39 is 11.6 Å². The second kappa shape index (κ2) is 5.12. The number of rotatable bonds is 4. The largest absolute Gasteiger partial charge is 0.272 e. The first-order valence-electron chi connectivity index (χ1n) is 5.80. The van der Waals surface area contributed by atoms with Crippen molar-refractivity contribution in [1.82, 2.24) is 9.78 Å². The fourth-order valence-electron chi connectivity index (χ4n) is 1.80. The van der Waals surface area contributed by atoms with Crippen molar-refractivity contribution in [3.8, 4) is 11.1 Å². The van der Waals surface area contributed by atoms with E-state index in [1.807, 2.05) is 6.92 Å². The smallest absolute Gasteiger partial charge is 0.167 e. The second-order valence-corrected chi connectivity index (χ2v) is 4.03. The summed E-state index contributed by atoms with van der Waals surface area (Å²) in [6.45, 7) is 6.23. The zero-order chi connectivity index (χ0) is 13.1. The van der Waals surface area contributed by atoms with Crippen LogP contribution in [0.25, 0.3) is 17.2 Å². The Hall–Kier alpha value is -1.97. The minimum absolute atomic E-state index is 0.164. The van der Waals surface area contributed by atoms with Gasteiger partial charge in [-0.05, 0) is 6.42 Å². The molecule has 1 heterocycles. The summed E-state index contributed by atoms with van der Waals surface area (Å²) in [5.74, 6) is -1.73. The molecular formula is C14H14F2N2. The van der Waals surface area contributed by atoms with Gasteiger partial charge in [0.05, 0.1) is 6.20 Å². The number of aryl methyl sites for hydroxylation is 1. The Bertz CT molecular complexity index is 573. The summed E-state index contributed by atoms with van der Waals surface area (Å²) in [6, 6.07) is 3.06. The number of aromatic nitrogens is 2. The van der Waals surface area contributed by atoms with Crippen LogP contribution in [0.1, 0.15) is 18.9 Å². The lowest BCUT2D eigenvalue weighted by molar-refractivity contribution is 0.509. The molecule has 0 aliphatic rings. The Morgan fingerprint density at radius 1 is 1.33 bits per heavy atom. The van der Waals surface area contributed by atoms with Gasteiger partial charge in [0.2, 0.25) is 0 Å². The number of halogens is 2. The van der Waals surface area contributed by atoms with Crippen molar-refractivity contribution in [2.45, 2.75) is 19.9 Å². The molecule has 1 aromatic carbocycles. The average Bonchev–Trinajstić information content (AvgIpc) is 2.81. The predicted molar refractivity (Wildman–Crippen MR) is 68.0 cm³/mol. The maximum atomic E-state index is 13.9. The van der Waals surface area contributed by atoms with E-state index in [4.69, 9.17) is 0 Å². The van der Waals surface area contributed by atoms with Crippen molar-refractivity contribution in [3.05, 3.63) is 48.3 Å². The van der Waals surface area contributed by atoms with Gasteiger partial charge in [-0.3, -0.25) is 4.68 Å². The molecular weight excluding hydrogens is 234 g/mol. The summed E-state index contributed by atoms with van der Waals surface area (Å²) in [6.07, 6.45) is 5.49. The summed E-state index contributed by atoms with van der Waals surface area (Å²) < 4.78 is 29.2. The number of hydrogen-bond acceptors (Lipinski definition) is 1. The first-order valence-corrected chi connectivity index (χ1v) is 5.80. The van der Waals surface area contributed by atoms with Crippen molar-refractivity contribution in [2.75, 3.05) is 0 Å². The molecule has 0 amide bonds. The van der Waals surface area contributed by atoms with Crippen LogP contribution in [-0.4, -0.2) is 9.78 Å². The topological polar surface area (TPSA) is 17.8 Å². The molecule has 0 unspecified atom stereocenters. The minimum atomic E-state index is -0.870. The zero-order valence-electron chi connectivity index (χ0n) is 10.2. The van der Waals surface area contributed by atoms with Gasteiger partial charge in [0, 0.05) is 29.4 Å². The van der Waals surface area contributed by atoms with Gasteiger partial charge in [-0.2, -0.15) is 5.10 Å². The SMILES string of the molecule is C=Cc1ccc(-c2cnn(CCC)c2)c(F)c1F. The van der Waals surface area contributed by atoms with Crippen LogP contribution in [0.5, 0.6) is 0 Å². The number of benzene rings is 1. The number of nitrogens with zero attached hydrogens (tertiary/aromatic N) is 2. The molecule has 0 aliphatic heterocycles. The van der Waals surface area contributed by atoms with Crippen LogP contribution in [0.15, 0.2) is 31.1 Å². The highest BCUT2D eigenvalue weighted by atomic mass is 19.2. The Balaban J connectivity index is 2.44. The average molecular weight is 248 g/mol. The normalized spacial score (nSPS) is 10.6. The maximum absolute atomic E-state index is 13.9. The molecule has 4 heteroatoms. The summed E-state index contributed by atoms with van der Waals surface area (Å²) >= 11 is 0. The summed E-state index contributed by atoms with van der Waals surface area (Å²) in [7, 11) is 0. The lowest BCUT2D eigenvalue weighted by Gasteiger charge is -2.04. The third-order valence-corrected chi connectivity index (χ3v) is 2.73. The van der Waals surface area contributed by atoms with Crippen LogP contribution in [0, 0.1) is 11.6 Å². The standard InChI is InChI=1S/C14H14F2N2/c1-3-7-18-9-11(8-17-18)12-6-5-10(4-2)13(15)14(12)16/h4-6,8-9H,2-3,7H2,1H3. The highest BCUT2D eigenvalue weighted by Gasteiger charge is 2.14. The highest BCUT2D eigenvalue weighted by Crippen LogP contribution is 2.26.